The second-order valence-corrected chi connectivity index (χ2v) is 10.2. The first-order valence-corrected chi connectivity index (χ1v) is 11.6. The zero-order chi connectivity index (χ0) is 21.5. The van der Waals surface area contributed by atoms with Gasteiger partial charge in [-0.3, -0.25) is 9.10 Å². The number of pyridine rings is 1. The first-order chi connectivity index (χ1) is 14.2. The van der Waals surface area contributed by atoms with Crippen LogP contribution < -0.4 is 9.73 Å². The lowest BCUT2D eigenvalue weighted by atomic mass is 9.78. The molecule has 0 unspecified atom stereocenters. The number of aromatic hydroxyl groups is 1. The zero-order valence-electron chi connectivity index (χ0n) is 16.5. The molecule has 8 nitrogen and oxygen atoms in total. The second-order valence-electron chi connectivity index (χ2n) is 8.14. The maximum absolute atomic E-state index is 12.3. The number of hydrogen-bond donors (Lipinski definition) is 2. The van der Waals surface area contributed by atoms with Crippen LogP contribution in [0.4, 0.5) is 5.69 Å². The molecule has 0 amide bonds. The van der Waals surface area contributed by atoms with Crippen LogP contribution in [0.2, 0.25) is 0 Å². The SMILES string of the molecule is O=C(O)c1cn(CC2(c3cccc(N4CCCS4(=O)=O)c3)CCCC2)cc(O)c1=O. The van der Waals surface area contributed by atoms with E-state index in [-0.39, 0.29) is 11.2 Å². The van der Waals surface area contributed by atoms with Crippen molar-refractivity contribution in [2.75, 3.05) is 16.6 Å². The highest BCUT2D eigenvalue weighted by Crippen LogP contribution is 2.44. The minimum atomic E-state index is -3.29. The Labute approximate surface area is 174 Å². The smallest absolute Gasteiger partial charge is 0.341 e. The van der Waals surface area contributed by atoms with E-state index in [1.165, 1.54) is 16.7 Å². The largest absolute Gasteiger partial charge is 0.503 e. The summed E-state index contributed by atoms with van der Waals surface area (Å²) in [6.45, 7) is 0.853. The Kier molecular flexibility index (Phi) is 5.09. The Hall–Kier alpha value is -2.81. The van der Waals surface area contributed by atoms with Crippen LogP contribution >= 0.6 is 0 Å². The molecule has 0 bridgehead atoms. The number of aromatic carboxylic acids is 1. The summed E-state index contributed by atoms with van der Waals surface area (Å²) in [5, 5.41) is 19.2. The fourth-order valence-electron chi connectivity index (χ4n) is 4.72. The van der Waals surface area contributed by atoms with Gasteiger partial charge < -0.3 is 14.8 Å². The van der Waals surface area contributed by atoms with E-state index in [1.807, 2.05) is 18.2 Å². The molecule has 0 spiro atoms. The van der Waals surface area contributed by atoms with Gasteiger partial charge in [0, 0.05) is 30.9 Å². The summed E-state index contributed by atoms with van der Waals surface area (Å²) in [5.41, 5.74) is -0.0861. The molecule has 0 radical (unpaired) electrons. The Morgan fingerprint density at radius 3 is 2.50 bits per heavy atom. The van der Waals surface area contributed by atoms with Gasteiger partial charge in [0.25, 0.3) is 0 Å². The van der Waals surface area contributed by atoms with Crippen molar-refractivity contribution in [3.63, 3.8) is 0 Å². The number of benzene rings is 1. The van der Waals surface area contributed by atoms with Crippen molar-refractivity contribution in [1.29, 1.82) is 0 Å². The van der Waals surface area contributed by atoms with Crippen molar-refractivity contribution < 1.29 is 23.4 Å². The van der Waals surface area contributed by atoms with Crippen LogP contribution in [-0.2, 0) is 22.0 Å². The molecular formula is C21H24N2O6S. The van der Waals surface area contributed by atoms with Crippen molar-refractivity contribution in [1.82, 2.24) is 4.57 Å². The van der Waals surface area contributed by atoms with E-state index in [2.05, 4.69) is 0 Å². The molecule has 1 aliphatic heterocycles. The lowest BCUT2D eigenvalue weighted by molar-refractivity contribution is 0.0693. The third kappa shape index (κ3) is 3.58. The predicted octanol–water partition coefficient (Wildman–Crippen LogP) is 2.30. The summed E-state index contributed by atoms with van der Waals surface area (Å²) in [5.74, 6) is -1.83. The monoisotopic (exact) mass is 432 g/mol. The molecule has 1 saturated heterocycles. The molecule has 160 valence electrons. The average Bonchev–Trinajstić information content (AvgIpc) is 3.31. The number of sulfonamides is 1. The first kappa shape index (κ1) is 20.5. The topological polar surface area (TPSA) is 117 Å². The van der Waals surface area contributed by atoms with E-state index < -0.39 is 32.7 Å². The Balaban J connectivity index is 1.74. The number of rotatable bonds is 5. The number of hydrogen-bond acceptors (Lipinski definition) is 5. The lowest BCUT2D eigenvalue weighted by Crippen LogP contribution is -2.31. The highest BCUT2D eigenvalue weighted by Gasteiger charge is 2.37. The van der Waals surface area contributed by atoms with E-state index in [9.17, 15) is 28.2 Å². The molecule has 2 aromatic rings. The normalized spacial score (nSPS) is 19.8. The first-order valence-electron chi connectivity index (χ1n) is 9.99. The van der Waals surface area contributed by atoms with Crippen molar-refractivity contribution in [3.8, 4) is 5.75 Å². The Morgan fingerprint density at radius 1 is 1.13 bits per heavy atom. The third-order valence-electron chi connectivity index (χ3n) is 6.18. The average molecular weight is 432 g/mol. The van der Waals surface area contributed by atoms with Gasteiger partial charge in [0.15, 0.2) is 5.75 Å². The molecule has 4 rings (SSSR count). The van der Waals surface area contributed by atoms with E-state index in [4.69, 9.17) is 0 Å². The van der Waals surface area contributed by atoms with E-state index in [0.717, 1.165) is 31.2 Å². The molecule has 1 aromatic heterocycles. The summed E-state index contributed by atoms with van der Waals surface area (Å²) in [6.07, 6.45) is 6.81. The van der Waals surface area contributed by atoms with Gasteiger partial charge in [0.05, 0.1) is 11.4 Å². The molecule has 1 aliphatic carbocycles. The number of carboxylic acid groups (broad SMARTS) is 1. The van der Waals surface area contributed by atoms with Crippen LogP contribution in [0.25, 0.3) is 0 Å². The number of aromatic nitrogens is 1. The molecule has 2 heterocycles. The molecule has 1 aromatic carbocycles. The van der Waals surface area contributed by atoms with Gasteiger partial charge in [-0.2, -0.15) is 0 Å². The molecule has 1 saturated carbocycles. The van der Waals surface area contributed by atoms with Gasteiger partial charge in [-0.15, -0.1) is 0 Å². The van der Waals surface area contributed by atoms with E-state index in [1.54, 1.807) is 10.6 Å². The maximum atomic E-state index is 12.3. The van der Waals surface area contributed by atoms with Gasteiger partial charge in [-0.25, -0.2) is 13.2 Å². The van der Waals surface area contributed by atoms with E-state index >= 15 is 0 Å². The standard InChI is InChI=1S/C21H24N2O6S/c24-18-13-22(12-17(19(18)25)20(26)27)14-21(7-1-2-8-21)15-5-3-6-16(11-15)23-9-4-10-30(23,28)29/h3,5-6,11-13,24H,1-2,4,7-10,14H2,(H,26,27). The molecule has 0 atom stereocenters. The second kappa shape index (κ2) is 7.46. The number of nitrogens with zero attached hydrogens (tertiary/aromatic N) is 2. The molecule has 30 heavy (non-hydrogen) atoms. The van der Waals surface area contributed by atoms with E-state index in [0.29, 0.717) is 25.2 Å². The highest BCUT2D eigenvalue weighted by atomic mass is 32.2. The fourth-order valence-corrected chi connectivity index (χ4v) is 6.28. The molecule has 2 N–H and O–H groups in total. The summed E-state index contributed by atoms with van der Waals surface area (Å²) >= 11 is 0. The Bertz CT molecular complexity index is 1150. The minimum absolute atomic E-state index is 0.150. The predicted molar refractivity (Wildman–Crippen MR) is 112 cm³/mol. The molecule has 9 heteroatoms. The van der Waals surface area contributed by atoms with Crippen LogP contribution in [0.15, 0.2) is 41.5 Å². The van der Waals surface area contributed by atoms with Crippen LogP contribution in [0.3, 0.4) is 0 Å². The number of carboxylic acids is 1. The minimum Gasteiger partial charge on any atom is -0.503 e. The molecule has 2 fully saturated rings. The van der Waals surface area contributed by atoms with Crippen LogP contribution in [0, 0.1) is 0 Å². The Morgan fingerprint density at radius 2 is 1.87 bits per heavy atom. The van der Waals surface area contributed by atoms with Crippen LogP contribution in [0.1, 0.15) is 48.0 Å². The van der Waals surface area contributed by atoms with Crippen LogP contribution in [-0.4, -0.2) is 41.5 Å². The van der Waals surface area contributed by atoms with Crippen molar-refractivity contribution in [3.05, 3.63) is 58.0 Å². The van der Waals surface area contributed by atoms with Crippen LogP contribution in [0.5, 0.6) is 5.75 Å². The number of anilines is 1. The summed E-state index contributed by atoms with van der Waals surface area (Å²) in [4.78, 5) is 23.3. The maximum Gasteiger partial charge on any atom is 0.341 e. The lowest BCUT2D eigenvalue weighted by Gasteiger charge is -2.32. The van der Waals surface area contributed by atoms with Crippen molar-refractivity contribution in [2.45, 2.75) is 44.1 Å². The summed E-state index contributed by atoms with van der Waals surface area (Å²) < 4.78 is 27.7. The van der Waals surface area contributed by atoms with Gasteiger partial charge in [0.2, 0.25) is 15.5 Å². The van der Waals surface area contributed by atoms with Gasteiger partial charge in [-0.1, -0.05) is 25.0 Å². The van der Waals surface area contributed by atoms with Gasteiger partial charge >= 0.3 is 5.97 Å². The summed E-state index contributed by atoms with van der Waals surface area (Å²) in [6, 6.07) is 7.53. The van der Waals surface area contributed by atoms with Crippen molar-refractivity contribution >= 4 is 21.7 Å². The highest BCUT2D eigenvalue weighted by molar-refractivity contribution is 7.93. The molecular weight excluding hydrogens is 408 g/mol. The quantitative estimate of drug-likeness (QED) is 0.749. The van der Waals surface area contributed by atoms with Gasteiger partial charge in [0.1, 0.15) is 5.56 Å². The fraction of sp³-hybridized carbons (Fsp3) is 0.429. The molecule has 2 aliphatic rings. The third-order valence-corrected chi connectivity index (χ3v) is 8.05. The zero-order valence-corrected chi connectivity index (χ0v) is 17.3. The number of carbonyl (C=O) groups is 1. The summed E-state index contributed by atoms with van der Waals surface area (Å²) in [7, 11) is -3.29. The van der Waals surface area contributed by atoms with Gasteiger partial charge in [-0.05, 0) is 37.0 Å². The van der Waals surface area contributed by atoms with Crippen molar-refractivity contribution in [2.24, 2.45) is 0 Å².